The molecule has 1 unspecified atom stereocenters. The van der Waals surface area contributed by atoms with Crippen LogP contribution in [0.5, 0.6) is 0 Å². The van der Waals surface area contributed by atoms with Crippen molar-refractivity contribution in [3.05, 3.63) is 0 Å². The molecule has 0 bridgehead atoms. The highest BCUT2D eigenvalue weighted by Gasteiger charge is 2.61. The second-order valence-electron chi connectivity index (χ2n) is 11.1. The Hall–Kier alpha value is -0.940. The van der Waals surface area contributed by atoms with Crippen molar-refractivity contribution in [2.75, 3.05) is 20.3 Å². The number of aliphatic hydroxyl groups is 1. The lowest BCUT2D eigenvalue weighted by molar-refractivity contribution is -0.173. The van der Waals surface area contributed by atoms with Crippen LogP contribution in [0.1, 0.15) is 72.1 Å². The molecule has 5 heteroatoms. The summed E-state index contributed by atoms with van der Waals surface area (Å²) < 4.78 is 10.5. The number of fused-ring (bicyclic) bond motifs is 5. The van der Waals surface area contributed by atoms with Gasteiger partial charge in [0.15, 0.2) is 5.78 Å². The summed E-state index contributed by atoms with van der Waals surface area (Å²) in [5, 5.41) is 10.9. The van der Waals surface area contributed by atoms with Crippen LogP contribution < -0.4 is 0 Å². The summed E-state index contributed by atoms with van der Waals surface area (Å²) in [6, 6.07) is 0. The Labute approximate surface area is 181 Å². The average Bonchev–Trinajstić information content (AvgIpc) is 2.70. The van der Waals surface area contributed by atoms with Crippen LogP contribution in [-0.2, 0) is 19.1 Å². The number of hydrogen-bond acceptors (Lipinski definition) is 5. The van der Waals surface area contributed by atoms with E-state index in [1.54, 1.807) is 14.0 Å². The van der Waals surface area contributed by atoms with Gasteiger partial charge in [-0.25, -0.2) is 0 Å². The minimum Gasteiger partial charge on any atom is -0.465 e. The maximum atomic E-state index is 13.5. The van der Waals surface area contributed by atoms with Gasteiger partial charge in [-0.2, -0.15) is 0 Å². The highest BCUT2D eigenvalue weighted by atomic mass is 16.5. The molecule has 4 fully saturated rings. The number of carbonyl (C=O) groups excluding carboxylic acids is 2. The summed E-state index contributed by atoms with van der Waals surface area (Å²) in [7, 11) is 1.67. The van der Waals surface area contributed by atoms with Crippen molar-refractivity contribution in [1.82, 2.24) is 0 Å². The summed E-state index contributed by atoms with van der Waals surface area (Å²) in [6.07, 6.45) is 7.66. The van der Waals surface area contributed by atoms with Crippen molar-refractivity contribution >= 4 is 11.8 Å². The van der Waals surface area contributed by atoms with Gasteiger partial charge in [-0.05, 0) is 93.8 Å². The third-order valence-electron chi connectivity index (χ3n) is 9.44. The quantitative estimate of drug-likeness (QED) is 0.549. The molecule has 0 amide bonds. The molecule has 0 spiro atoms. The number of ketones is 1. The lowest BCUT2D eigenvalue weighted by Crippen LogP contribution is -2.59. The molecule has 4 saturated carbocycles. The predicted octanol–water partition coefficient (Wildman–Crippen LogP) is 4.01. The Morgan fingerprint density at radius 1 is 1.13 bits per heavy atom. The van der Waals surface area contributed by atoms with Crippen LogP contribution in [0.25, 0.3) is 0 Å². The molecule has 0 heterocycles. The maximum Gasteiger partial charge on any atom is 0.316 e. The normalized spacial score (nSPS) is 48.3. The van der Waals surface area contributed by atoms with Crippen molar-refractivity contribution in [1.29, 1.82) is 0 Å². The number of methoxy groups -OCH3 is 1. The van der Waals surface area contributed by atoms with Crippen LogP contribution in [0.3, 0.4) is 0 Å². The van der Waals surface area contributed by atoms with Crippen LogP contribution in [0.4, 0.5) is 0 Å². The zero-order chi connectivity index (χ0) is 21.7. The number of carbonyl (C=O) groups is 2. The van der Waals surface area contributed by atoms with Gasteiger partial charge in [0.2, 0.25) is 0 Å². The van der Waals surface area contributed by atoms with Crippen molar-refractivity contribution in [3.8, 4) is 0 Å². The average molecular weight is 421 g/mol. The van der Waals surface area contributed by atoms with Gasteiger partial charge in [-0.3, -0.25) is 9.59 Å². The van der Waals surface area contributed by atoms with E-state index < -0.39 is 16.9 Å². The molecule has 0 aromatic carbocycles. The largest absolute Gasteiger partial charge is 0.465 e. The van der Waals surface area contributed by atoms with E-state index in [9.17, 15) is 14.7 Å². The summed E-state index contributed by atoms with van der Waals surface area (Å²) in [5.41, 5.74) is -1.05. The lowest BCUT2D eigenvalue weighted by atomic mass is 9.44. The van der Waals surface area contributed by atoms with Crippen LogP contribution in [0, 0.1) is 46.8 Å². The van der Waals surface area contributed by atoms with Gasteiger partial charge in [-0.15, -0.1) is 0 Å². The molecular weight excluding hydrogens is 380 g/mol. The van der Waals surface area contributed by atoms with Crippen molar-refractivity contribution in [2.24, 2.45) is 46.8 Å². The zero-order valence-corrected chi connectivity index (χ0v) is 19.2. The van der Waals surface area contributed by atoms with E-state index in [1.165, 1.54) is 0 Å². The first kappa shape index (κ1) is 22.3. The maximum absolute atomic E-state index is 13.5. The van der Waals surface area contributed by atoms with E-state index in [1.807, 2.05) is 0 Å². The Morgan fingerprint density at radius 2 is 1.87 bits per heavy atom. The molecular formula is C25H40O5. The Morgan fingerprint density at radius 3 is 2.57 bits per heavy atom. The second-order valence-corrected chi connectivity index (χ2v) is 11.1. The van der Waals surface area contributed by atoms with Gasteiger partial charge in [0.1, 0.15) is 5.92 Å². The molecule has 5 nitrogen and oxygen atoms in total. The zero-order valence-electron chi connectivity index (χ0n) is 19.2. The lowest BCUT2D eigenvalue weighted by Gasteiger charge is -2.60. The van der Waals surface area contributed by atoms with E-state index in [4.69, 9.17) is 9.47 Å². The molecule has 4 aliphatic rings. The Kier molecular flexibility index (Phi) is 6.08. The molecule has 170 valence electrons. The van der Waals surface area contributed by atoms with Crippen molar-refractivity contribution in [3.63, 3.8) is 0 Å². The molecule has 0 aromatic heterocycles. The fraction of sp³-hybridized carbons (Fsp3) is 0.920. The number of rotatable bonds is 4. The molecule has 0 aliphatic heterocycles. The molecule has 9 atom stereocenters. The fourth-order valence-corrected chi connectivity index (χ4v) is 8.42. The highest BCUT2D eigenvalue weighted by molar-refractivity contribution is 6.02. The summed E-state index contributed by atoms with van der Waals surface area (Å²) in [5.74, 6) is 2.45. The van der Waals surface area contributed by atoms with E-state index in [-0.39, 0.29) is 11.8 Å². The van der Waals surface area contributed by atoms with Crippen molar-refractivity contribution < 1.29 is 24.2 Å². The number of Topliss-reactive ketones (excluding diaryl/α,β-unsaturated/α-hetero) is 1. The topological polar surface area (TPSA) is 72.8 Å². The highest BCUT2D eigenvalue weighted by Crippen LogP contribution is 2.63. The van der Waals surface area contributed by atoms with Gasteiger partial charge >= 0.3 is 5.97 Å². The monoisotopic (exact) mass is 420 g/mol. The third kappa shape index (κ3) is 3.54. The van der Waals surface area contributed by atoms with E-state index >= 15 is 0 Å². The first-order valence-corrected chi connectivity index (χ1v) is 12.2. The summed E-state index contributed by atoms with van der Waals surface area (Å²) in [4.78, 5) is 26.0. The molecule has 0 radical (unpaired) electrons. The van der Waals surface area contributed by atoms with E-state index in [0.29, 0.717) is 55.1 Å². The molecule has 1 N–H and O–H groups in total. The van der Waals surface area contributed by atoms with Crippen LogP contribution >= 0.6 is 0 Å². The van der Waals surface area contributed by atoms with Crippen LogP contribution in [-0.4, -0.2) is 42.8 Å². The predicted molar refractivity (Wildman–Crippen MR) is 114 cm³/mol. The Bertz CT molecular complexity index is 676. The SMILES string of the molecule is CCOC(=O)C1C[C@@H](C)[C@H]2[C@@H]3CC[C@@H]4C[C@@](O)(COC)CC[C@@H]4[C@H]3CC[C@]2(C)C1=O. The molecule has 4 aliphatic carbocycles. The minimum absolute atomic E-state index is 0.141. The molecule has 30 heavy (non-hydrogen) atoms. The standard InChI is InChI=1S/C25H40O5/c1-5-30-23(27)20-12-15(2)21-19-7-6-16-13-25(28,14-29-4)11-9-17(16)18(19)8-10-24(21,3)22(20)26/h15-21,28H,5-14H2,1-4H3/t15-,16-,17+,18-,19-,20?,21+,24+,25-/m1/s1. The molecule has 0 saturated heterocycles. The summed E-state index contributed by atoms with van der Waals surface area (Å²) in [6.45, 7) is 6.98. The minimum atomic E-state index is -0.660. The number of hydrogen-bond donors (Lipinski definition) is 1. The van der Waals surface area contributed by atoms with E-state index in [0.717, 1.165) is 44.9 Å². The van der Waals surface area contributed by atoms with Crippen LogP contribution in [0.2, 0.25) is 0 Å². The molecule has 4 rings (SSSR count). The first-order chi connectivity index (χ1) is 14.2. The Balaban J connectivity index is 1.53. The van der Waals surface area contributed by atoms with Crippen molar-refractivity contribution in [2.45, 2.75) is 77.7 Å². The summed E-state index contributed by atoms with van der Waals surface area (Å²) >= 11 is 0. The van der Waals surface area contributed by atoms with E-state index in [2.05, 4.69) is 13.8 Å². The van der Waals surface area contributed by atoms with Gasteiger partial charge in [-0.1, -0.05) is 13.8 Å². The smallest absolute Gasteiger partial charge is 0.316 e. The number of esters is 1. The van der Waals surface area contributed by atoms with Gasteiger partial charge < -0.3 is 14.6 Å². The fourth-order valence-electron chi connectivity index (χ4n) is 8.42. The van der Waals surface area contributed by atoms with Crippen LogP contribution in [0.15, 0.2) is 0 Å². The second kappa shape index (κ2) is 8.20. The third-order valence-corrected chi connectivity index (χ3v) is 9.44. The molecule has 0 aromatic rings. The number of ether oxygens (including phenoxy) is 2. The first-order valence-electron chi connectivity index (χ1n) is 12.2. The van der Waals surface area contributed by atoms with Gasteiger partial charge in [0.25, 0.3) is 0 Å². The van der Waals surface area contributed by atoms with Gasteiger partial charge in [0, 0.05) is 12.5 Å². The van der Waals surface area contributed by atoms with Gasteiger partial charge in [0.05, 0.1) is 18.8 Å².